The van der Waals surface area contributed by atoms with Crippen LogP contribution in [0.25, 0.3) is 10.9 Å². The van der Waals surface area contributed by atoms with Gasteiger partial charge in [-0.25, -0.2) is 9.48 Å². The van der Waals surface area contributed by atoms with Crippen LogP contribution >= 0.6 is 0 Å². The van der Waals surface area contributed by atoms with Gasteiger partial charge < -0.3 is 10.1 Å². The van der Waals surface area contributed by atoms with E-state index in [1.165, 1.54) is 12.8 Å². The fourth-order valence-electron chi connectivity index (χ4n) is 4.84. The van der Waals surface area contributed by atoms with Gasteiger partial charge in [0.05, 0.1) is 23.3 Å². The average molecular weight is 418 g/mol. The fourth-order valence-corrected chi connectivity index (χ4v) is 4.84. The Morgan fingerprint density at radius 1 is 1.06 bits per heavy atom. The van der Waals surface area contributed by atoms with Gasteiger partial charge in [-0.2, -0.15) is 5.10 Å². The van der Waals surface area contributed by atoms with Crippen LogP contribution in [0.15, 0.2) is 36.5 Å². The summed E-state index contributed by atoms with van der Waals surface area (Å²) in [6.45, 7) is -0.333. The zero-order valence-electron chi connectivity index (χ0n) is 17.5. The predicted molar refractivity (Wildman–Crippen MR) is 117 cm³/mol. The number of esters is 1. The van der Waals surface area contributed by atoms with Crippen LogP contribution in [0.4, 0.5) is 5.82 Å². The number of nitrogens with zero attached hydrogens (tertiary/aromatic N) is 3. The van der Waals surface area contributed by atoms with Crippen LogP contribution in [0.3, 0.4) is 0 Å². The topological polar surface area (TPSA) is 86.1 Å². The lowest BCUT2D eigenvalue weighted by Crippen LogP contribution is -2.24. The van der Waals surface area contributed by atoms with Crippen molar-refractivity contribution in [1.82, 2.24) is 14.8 Å². The lowest BCUT2D eigenvalue weighted by Gasteiger charge is -2.20. The summed E-state index contributed by atoms with van der Waals surface area (Å²) >= 11 is 0. The van der Waals surface area contributed by atoms with E-state index in [4.69, 9.17) is 9.72 Å². The standard InChI is InChI=1S/C24H26N4O3/c29-22(27-21-13-14-25-28(21)16-7-1-2-8-16)15-31-24(30)23-17-9-3-5-11-19(17)26-20-12-6-4-10-18(20)23/h3,5,9,11,13-14,16H,1-2,4,6-8,10,12,15H2,(H,27,29). The number of amides is 1. The average Bonchev–Trinajstić information content (AvgIpc) is 3.47. The normalized spacial score (nSPS) is 16.3. The van der Waals surface area contributed by atoms with Crippen LogP contribution in [0.1, 0.15) is 66.2 Å². The van der Waals surface area contributed by atoms with Gasteiger partial charge in [-0.1, -0.05) is 31.0 Å². The van der Waals surface area contributed by atoms with Crippen molar-refractivity contribution in [3.05, 3.63) is 53.3 Å². The number of fused-ring (bicyclic) bond motifs is 2. The number of carbonyl (C=O) groups is 2. The Hall–Kier alpha value is -3.22. The number of nitrogens with one attached hydrogen (secondary N) is 1. The number of pyridine rings is 1. The Balaban J connectivity index is 1.32. The van der Waals surface area contributed by atoms with E-state index in [9.17, 15) is 9.59 Å². The predicted octanol–water partition coefficient (Wildman–Crippen LogP) is 4.22. The summed E-state index contributed by atoms with van der Waals surface area (Å²) in [7, 11) is 0. The van der Waals surface area contributed by atoms with Gasteiger partial charge in [0.1, 0.15) is 5.82 Å². The first kappa shape index (κ1) is 19.7. The highest BCUT2D eigenvalue weighted by atomic mass is 16.5. The smallest absolute Gasteiger partial charge is 0.339 e. The summed E-state index contributed by atoms with van der Waals surface area (Å²) in [5, 5.41) is 7.99. The third-order valence-corrected chi connectivity index (χ3v) is 6.32. The highest BCUT2D eigenvalue weighted by Crippen LogP contribution is 2.31. The molecule has 5 rings (SSSR count). The van der Waals surface area contributed by atoms with Gasteiger partial charge >= 0.3 is 5.97 Å². The van der Waals surface area contributed by atoms with Crippen molar-refractivity contribution in [3.63, 3.8) is 0 Å². The van der Waals surface area contributed by atoms with E-state index < -0.39 is 5.97 Å². The van der Waals surface area contributed by atoms with Crippen LogP contribution in [0.5, 0.6) is 0 Å². The van der Waals surface area contributed by atoms with E-state index in [1.54, 1.807) is 12.3 Å². The molecule has 0 unspecified atom stereocenters. The molecule has 0 atom stereocenters. The molecule has 1 aromatic carbocycles. The van der Waals surface area contributed by atoms with Gasteiger partial charge in [-0.3, -0.25) is 9.78 Å². The fraction of sp³-hybridized carbons (Fsp3) is 0.417. The molecule has 1 fully saturated rings. The molecule has 0 spiro atoms. The summed E-state index contributed by atoms with van der Waals surface area (Å²) in [5.74, 6) is -0.170. The van der Waals surface area contributed by atoms with E-state index in [2.05, 4.69) is 10.4 Å². The maximum atomic E-state index is 13.1. The van der Waals surface area contributed by atoms with Gasteiger partial charge in [-0.05, 0) is 50.2 Å². The van der Waals surface area contributed by atoms with Crippen LogP contribution in [-0.4, -0.2) is 33.2 Å². The molecule has 160 valence electrons. The summed E-state index contributed by atoms with van der Waals surface area (Å²) < 4.78 is 7.34. The van der Waals surface area contributed by atoms with Crippen LogP contribution in [-0.2, 0) is 22.4 Å². The molecule has 31 heavy (non-hydrogen) atoms. The Morgan fingerprint density at radius 2 is 1.87 bits per heavy atom. The SMILES string of the molecule is O=C(COC(=O)c1c2c(nc3ccccc13)CCCC2)Nc1ccnn1C1CCCC1. The van der Waals surface area contributed by atoms with Crippen molar-refractivity contribution in [3.8, 4) is 0 Å². The molecular weight excluding hydrogens is 392 g/mol. The largest absolute Gasteiger partial charge is 0.452 e. The molecule has 7 heteroatoms. The molecule has 1 N–H and O–H groups in total. The molecule has 2 aliphatic carbocycles. The number of aromatic nitrogens is 3. The van der Waals surface area contributed by atoms with Crippen molar-refractivity contribution < 1.29 is 14.3 Å². The minimum absolute atomic E-state index is 0.322. The molecule has 2 aromatic heterocycles. The lowest BCUT2D eigenvalue weighted by atomic mass is 9.90. The van der Waals surface area contributed by atoms with E-state index in [0.717, 1.165) is 60.7 Å². The number of rotatable bonds is 5. The summed E-state index contributed by atoms with van der Waals surface area (Å²) in [6.07, 6.45) is 9.97. The second-order valence-corrected chi connectivity index (χ2v) is 8.36. The molecule has 0 saturated heterocycles. The van der Waals surface area contributed by atoms with E-state index >= 15 is 0 Å². The number of carbonyl (C=O) groups excluding carboxylic acids is 2. The summed E-state index contributed by atoms with van der Waals surface area (Å²) in [6, 6.07) is 9.73. The zero-order valence-corrected chi connectivity index (χ0v) is 17.5. The Bertz CT molecular complexity index is 1130. The monoisotopic (exact) mass is 418 g/mol. The first-order valence-electron chi connectivity index (χ1n) is 11.1. The molecule has 2 aliphatic rings. The molecule has 7 nitrogen and oxygen atoms in total. The number of anilines is 1. The highest BCUT2D eigenvalue weighted by molar-refractivity contribution is 6.06. The van der Waals surface area contributed by atoms with Gasteiger partial charge in [0, 0.05) is 17.1 Å². The van der Waals surface area contributed by atoms with Gasteiger partial charge in [0.25, 0.3) is 5.91 Å². The van der Waals surface area contributed by atoms with E-state index in [-0.39, 0.29) is 12.5 Å². The second-order valence-electron chi connectivity index (χ2n) is 8.36. The molecule has 2 heterocycles. The maximum Gasteiger partial charge on any atom is 0.339 e. The second kappa shape index (κ2) is 8.49. The molecular formula is C24H26N4O3. The number of hydrogen-bond acceptors (Lipinski definition) is 5. The third kappa shape index (κ3) is 3.92. The van der Waals surface area contributed by atoms with Crippen LogP contribution in [0.2, 0.25) is 0 Å². The minimum atomic E-state index is -0.462. The van der Waals surface area contributed by atoms with Gasteiger partial charge in [0.2, 0.25) is 0 Å². The first-order valence-corrected chi connectivity index (χ1v) is 11.1. The Morgan fingerprint density at radius 3 is 2.74 bits per heavy atom. The Labute approximate surface area is 180 Å². The van der Waals surface area contributed by atoms with Crippen molar-refractivity contribution in [2.45, 2.75) is 57.4 Å². The number of aryl methyl sites for hydroxylation is 1. The minimum Gasteiger partial charge on any atom is -0.452 e. The zero-order chi connectivity index (χ0) is 21.2. The molecule has 1 saturated carbocycles. The lowest BCUT2D eigenvalue weighted by molar-refractivity contribution is -0.119. The third-order valence-electron chi connectivity index (χ3n) is 6.32. The molecule has 0 radical (unpaired) electrons. The molecule has 1 amide bonds. The number of para-hydroxylation sites is 1. The van der Waals surface area contributed by atoms with Gasteiger partial charge in [-0.15, -0.1) is 0 Å². The summed E-state index contributed by atoms with van der Waals surface area (Å²) in [4.78, 5) is 30.3. The van der Waals surface area contributed by atoms with E-state index in [0.29, 0.717) is 17.4 Å². The van der Waals surface area contributed by atoms with Crippen molar-refractivity contribution in [2.75, 3.05) is 11.9 Å². The van der Waals surface area contributed by atoms with Crippen molar-refractivity contribution in [1.29, 1.82) is 0 Å². The Kier molecular flexibility index (Phi) is 5.40. The quantitative estimate of drug-likeness (QED) is 0.627. The van der Waals surface area contributed by atoms with Crippen LogP contribution in [0, 0.1) is 0 Å². The summed E-state index contributed by atoms with van der Waals surface area (Å²) in [5.41, 5.74) is 3.29. The number of ether oxygens (including phenoxy) is 1. The molecule has 0 aliphatic heterocycles. The number of hydrogen-bond donors (Lipinski definition) is 1. The van der Waals surface area contributed by atoms with Gasteiger partial charge in [0.15, 0.2) is 6.61 Å². The van der Waals surface area contributed by atoms with Crippen molar-refractivity contribution >= 4 is 28.6 Å². The number of benzene rings is 1. The van der Waals surface area contributed by atoms with Crippen molar-refractivity contribution in [2.24, 2.45) is 0 Å². The highest BCUT2D eigenvalue weighted by Gasteiger charge is 2.25. The molecule has 0 bridgehead atoms. The maximum absolute atomic E-state index is 13.1. The van der Waals surface area contributed by atoms with E-state index in [1.807, 2.05) is 28.9 Å². The molecule has 3 aromatic rings. The van der Waals surface area contributed by atoms with Crippen LogP contribution < -0.4 is 5.32 Å². The first-order chi connectivity index (χ1) is 15.2.